The number of piperidine rings is 1. The summed E-state index contributed by atoms with van der Waals surface area (Å²) in [5.41, 5.74) is -0.159. The SMILES string of the molecule is O=C(Nc1ccc(Cl)c(S(=O)(=O)N2CCCCC2)c1O)Nc1cccc(F)c1Cl. The molecule has 3 rings (SSSR count). The largest absolute Gasteiger partial charge is 0.504 e. The van der Waals surface area contributed by atoms with Crippen LogP contribution in [0.2, 0.25) is 10.0 Å². The maximum absolute atomic E-state index is 13.5. The molecular weight excluding hydrogens is 444 g/mol. The number of benzene rings is 2. The average molecular weight is 462 g/mol. The summed E-state index contributed by atoms with van der Waals surface area (Å²) in [5, 5.41) is 14.8. The Balaban J connectivity index is 1.87. The molecule has 0 aromatic heterocycles. The number of carbonyl (C=O) groups excluding carboxylic acids is 1. The summed E-state index contributed by atoms with van der Waals surface area (Å²) in [4.78, 5) is 11.8. The molecular formula is C18H18Cl2FN3O4S. The van der Waals surface area contributed by atoms with Gasteiger partial charge in [-0.15, -0.1) is 0 Å². The first kappa shape index (κ1) is 21.6. The van der Waals surface area contributed by atoms with E-state index in [0.29, 0.717) is 25.9 Å². The van der Waals surface area contributed by atoms with E-state index in [0.717, 1.165) is 12.5 Å². The lowest BCUT2D eigenvalue weighted by Gasteiger charge is -2.27. The zero-order chi connectivity index (χ0) is 21.2. The van der Waals surface area contributed by atoms with Crippen LogP contribution in [0, 0.1) is 5.82 Å². The van der Waals surface area contributed by atoms with E-state index in [1.54, 1.807) is 0 Å². The Morgan fingerprint density at radius 2 is 1.69 bits per heavy atom. The van der Waals surface area contributed by atoms with Gasteiger partial charge < -0.3 is 15.7 Å². The van der Waals surface area contributed by atoms with Gasteiger partial charge >= 0.3 is 6.03 Å². The molecule has 0 unspecified atom stereocenters. The van der Waals surface area contributed by atoms with E-state index in [1.165, 1.54) is 28.6 Å². The monoisotopic (exact) mass is 461 g/mol. The summed E-state index contributed by atoms with van der Waals surface area (Å²) >= 11 is 11.9. The van der Waals surface area contributed by atoms with Crippen LogP contribution in [0.3, 0.4) is 0 Å². The molecule has 1 saturated heterocycles. The Morgan fingerprint density at radius 3 is 2.38 bits per heavy atom. The molecule has 3 N–H and O–H groups in total. The van der Waals surface area contributed by atoms with Crippen molar-refractivity contribution in [2.45, 2.75) is 24.2 Å². The van der Waals surface area contributed by atoms with Crippen LogP contribution in [0.25, 0.3) is 0 Å². The van der Waals surface area contributed by atoms with Crippen LogP contribution in [0.4, 0.5) is 20.6 Å². The van der Waals surface area contributed by atoms with Crippen molar-refractivity contribution in [3.63, 3.8) is 0 Å². The molecule has 29 heavy (non-hydrogen) atoms. The number of urea groups is 1. The van der Waals surface area contributed by atoms with Gasteiger partial charge in [-0.25, -0.2) is 17.6 Å². The van der Waals surface area contributed by atoms with E-state index in [-0.39, 0.29) is 21.4 Å². The quantitative estimate of drug-likeness (QED) is 0.576. The molecule has 11 heteroatoms. The Morgan fingerprint density at radius 1 is 1.03 bits per heavy atom. The van der Waals surface area contributed by atoms with Crippen LogP contribution in [0.15, 0.2) is 35.2 Å². The van der Waals surface area contributed by atoms with E-state index in [1.807, 2.05) is 0 Å². The minimum atomic E-state index is -4.04. The fourth-order valence-corrected chi connectivity index (χ4v) is 5.29. The lowest BCUT2D eigenvalue weighted by Crippen LogP contribution is -2.35. The highest BCUT2D eigenvalue weighted by Gasteiger charge is 2.32. The number of carbonyl (C=O) groups is 1. The lowest BCUT2D eigenvalue weighted by atomic mass is 10.2. The highest BCUT2D eigenvalue weighted by molar-refractivity contribution is 7.89. The molecule has 0 radical (unpaired) electrons. The van der Waals surface area contributed by atoms with Crippen molar-refractivity contribution in [1.82, 2.24) is 4.31 Å². The number of sulfonamides is 1. The third-order valence-electron chi connectivity index (χ3n) is 4.44. The number of aromatic hydroxyl groups is 1. The molecule has 0 bridgehead atoms. The molecule has 2 aromatic rings. The summed E-state index contributed by atoms with van der Waals surface area (Å²) in [6.07, 6.45) is 2.36. The first-order valence-electron chi connectivity index (χ1n) is 8.75. The Kier molecular flexibility index (Phi) is 6.52. The summed E-state index contributed by atoms with van der Waals surface area (Å²) in [6.45, 7) is 0.655. The van der Waals surface area contributed by atoms with Gasteiger partial charge in [-0.3, -0.25) is 0 Å². The summed E-state index contributed by atoms with van der Waals surface area (Å²) in [5.74, 6) is -1.39. The smallest absolute Gasteiger partial charge is 0.323 e. The van der Waals surface area contributed by atoms with E-state index in [4.69, 9.17) is 23.2 Å². The van der Waals surface area contributed by atoms with Crippen LogP contribution in [0.5, 0.6) is 5.75 Å². The number of amides is 2. The van der Waals surface area contributed by atoms with Gasteiger partial charge in [0.1, 0.15) is 10.7 Å². The van der Waals surface area contributed by atoms with Crippen molar-refractivity contribution in [2.75, 3.05) is 23.7 Å². The molecule has 2 aromatic carbocycles. The predicted octanol–water partition coefficient (Wildman–Crippen LogP) is 4.66. The molecule has 0 aliphatic carbocycles. The van der Waals surface area contributed by atoms with Gasteiger partial charge in [-0.2, -0.15) is 4.31 Å². The van der Waals surface area contributed by atoms with Gasteiger partial charge in [0.05, 0.1) is 21.4 Å². The minimum Gasteiger partial charge on any atom is -0.504 e. The van der Waals surface area contributed by atoms with Crippen LogP contribution < -0.4 is 10.6 Å². The topological polar surface area (TPSA) is 98.7 Å². The third kappa shape index (κ3) is 4.58. The molecule has 0 atom stereocenters. The normalized spacial score (nSPS) is 15.1. The number of phenolic OH excluding ortho intramolecular Hbond substituents is 1. The van der Waals surface area contributed by atoms with Gasteiger partial charge in [-0.05, 0) is 37.1 Å². The van der Waals surface area contributed by atoms with E-state index < -0.39 is 32.5 Å². The van der Waals surface area contributed by atoms with Crippen molar-refractivity contribution >= 4 is 50.6 Å². The molecule has 1 aliphatic rings. The maximum Gasteiger partial charge on any atom is 0.323 e. The molecule has 7 nitrogen and oxygen atoms in total. The second-order valence-electron chi connectivity index (χ2n) is 6.42. The molecule has 1 heterocycles. The van der Waals surface area contributed by atoms with Gasteiger partial charge in [0.15, 0.2) is 5.75 Å². The zero-order valence-electron chi connectivity index (χ0n) is 15.1. The molecule has 1 aliphatic heterocycles. The van der Waals surface area contributed by atoms with Crippen LogP contribution in [-0.4, -0.2) is 37.0 Å². The lowest BCUT2D eigenvalue weighted by molar-refractivity contribution is 0.262. The average Bonchev–Trinajstić information content (AvgIpc) is 2.68. The predicted molar refractivity (Wildman–Crippen MR) is 110 cm³/mol. The number of nitrogens with zero attached hydrogens (tertiary/aromatic N) is 1. The second-order valence-corrected chi connectivity index (χ2v) is 9.08. The highest BCUT2D eigenvalue weighted by atomic mass is 35.5. The fraction of sp³-hybridized carbons (Fsp3) is 0.278. The van der Waals surface area contributed by atoms with Crippen molar-refractivity contribution in [2.24, 2.45) is 0 Å². The third-order valence-corrected chi connectivity index (χ3v) is 7.23. The number of hydrogen-bond donors (Lipinski definition) is 3. The number of hydrogen-bond acceptors (Lipinski definition) is 4. The number of nitrogens with one attached hydrogen (secondary N) is 2. The number of anilines is 2. The highest BCUT2D eigenvalue weighted by Crippen LogP contribution is 2.39. The van der Waals surface area contributed by atoms with Gasteiger partial charge in [-0.1, -0.05) is 35.7 Å². The van der Waals surface area contributed by atoms with Crippen LogP contribution in [0.1, 0.15) is 19.3 Å². The van der Waals surface area contributed by atoms with E-state index >= 15 is 0 Å². The van der Waals surface area contributed by atoms with E-state index in [9.17, 15) is 22.7 Å². The summed E-state index contributed by atoms with van der Waals surface area (Å²) in [6, 6.07) is 5.56. The molecule has 0 saturated carbocycles. The molecule has 1 fully saturated rings. The zero-order valence-corrected chi connectivity index (χ0v) is 17.4. The fourth-order valence-electron chi connectivity index (χ4n) is 3.00. The van der Waals surface area contributed by atoms with Crippen molar-refractivity contribution in [3.8, 4) is 5.75 Å². The molecule has 0 spiro atoms. The first-order valence-corrected chi connectivity index (χ1v) is 10.9. The molecule has 2 amide bonds. The minimum absolute atomic E-state index is 0.0128. The van der Waals surface area contributed by atoms with Crippen LogP contribution >= 0.6 is 23.2 Å². The van der Waals surface area contributed by atoms with Crippen molar-refractivity contribution in [3.05, 3.63) is 46.2 Å². The Bertz CT molecular complexity index is 1040. The Hall–Kier alpha value is -2.07. The summed E-state index contributed by atoms with van der Waals surface area (Å²) in [7, 11) is -4.04. The Labute approximate surface area is 177 Å². The van der Waals surface area contributed by atoms with Crippen molar-refractivity contribution in [1.29, 1.82) is 0 Å². The first-order chi connectivity index (χ1) is 13.7. The number of halogens is 3. The van der Waals surface area contributed by atoms with Gasteiger partial charge in [0.2, 0.25) is 10.0 Å². The second kappa shape index (κ2) is 8.74. The maximum atomic E-state index is 13.5. The summed E-state index contributed by atoms with van der Waals surface area (Å²) < 4.78 is 40.6. The van der Waals surface area contributed by atoms with Crippen LogP contribution in [-0.2, 0) is 10.0 Å². The van der Waals surface area contributed by atoms with Gasteiger partial charge in [0.25, 0.3) is 0 Å². The number of rotatable bonds is 4. The van der Waals surface area contributed by atoms with E-state index in [2.05, 4.69) is 10.6 Å². The standard InChI is InChI=1S/C18H18Cl2FN3O4S/c19-11-7-8-14(23-18(26)22-13-6-4-5-12(21)15(13)20)16(25)17(11)29(27,28)24-9-2-1-3-10-24/h4-8,25H,1-3,9-10H2,(H2,22,23,26). The van der Waals surface area contributed by atoms with Crippen molar-refractivity contribution < 1.29 is 22.7 Å². The molecule has 156 valence electrons. The van der Waals surface area contributed by atoms with Gasteiger partial charge in [0, 0.05) is 13.1 Å². The number of phenols is 1.